The van der Waals surface area contributed by atoms with Crippen LogP contribution < -0.4 is 0 Å². The maximum absolute atomic E-state index is 10.5. The number of hydrogen-bond acceptors (Lipinski definition) is 3. The van der Waals surface area contributed by atoms with Gasteiger partial charge in [-0.05, 0) is 38.9 Å². The minimum absolute atomic E-state index is 0.267. The van der Waals surface area contributed by atoms with E-state index < -0.39 is 5.97 Å². The van der Waals surface area contributed by atoms with E-state index in [2.05, 4.69) is 16.8 Å². The summed E-state index contributed by atoms with van der Waals surface area (Å²) >= 11 is 0. The maximum atomic E-state index is 10.5. The number of nitrogens with zero attached hydrogens (tertiary/aromatic N) is 2. The Bertz CT molecular complexity index is 245. The minimum Gasteiger partial charge on any atom is -0.481 e. The number of hydrogen-bond donors (Lipinski definition) is 1. The number of carboxylic acid groups (broad SMARTS) is 1. The monoisotopic (exact) mass is 212 g/mol. The van der Waals surface area contributed by atoms with Gasteiger partial charge in [-0.25, -0.2) is 0 Å². The van der Waals surface area contributed by atoms with Gasteiger partial charge in [-0.1, -0.05) is 0 Å². The maximum Gasteiger partial charge on any atom is 0.304 e. The molecule has 86 valence electrons. The highest BCUT2D eigenvalue weighted by Crippen LogP contribution is 2.29. The average Bonchev–Trinajstić information content (AvgIpc) is 2.57. The third kappa shape index (κ3) is 2.49. The zero-order valence-corrected chi connectivity index (χ0v) is 9.35. The summed E-state index contributed by atoms with van der Waals surface area (Å²) in [5.74, 6) is 0.0863. The van der Waals surface area contributed by atoms with E-state index in [1.165, 1.54) is 32.5 Å². The van der Waals surface area contributed by atoms with E-state index in [0.717, 1.165) is 5.92 Å². The van der Waals surface area contributed by atoms with Crippen LogP contribution in [0.3, 0.4) is 0 Å². The van der Waals surface area contributed by atoms with Crippen molar-refractivity contribution in [3.63, 3.8) is 0 Å². The van der Waals surface area contributed by atoms with Gasteiger partial charge in [0.1, 0.15) is 0 Å². The summed E-state index contributed by atoms with van der Waals surface area (Å²) in [6, 6.07) is 0.614. The molecule has 4 nitrogen and oxygen atoms in total. The quantitative estimate of drug-likeness (QED) is 0.736. The fraction of sp³-hybridized carbons (Fsp3) is 0.909. The molecule has 2 heterocycles. The minimum atomic E-state index is -0.689. The molecule has 1 N–H and O–H groups in total. The molecule has 4 heteroatoms. The van der Waals surface area contributed by atoms with Crippen molar-refractivity contribution in [3.05, 3.63) is 0 Å². The Balaban J connectivity index is 1.84. The van der Waals surface area contributed by atoms with Crippen LogP contribution in [-0.2, 0) is 4.79 Å². The van der Waals surface area contributed by atoms with Gasteiger partial charge in [0.05, 0.1) is 6.42 Å². The molecular weight excluding hydrogens is 192 g/mol. The van der Waals surface area contributed by atoms with E-state index in [0.29, 0.717) is 12.6 Å². The molecule has 2 rings (SSSR count). The zero-order chi connectivity index (χ0) is 10.8. The first-order valence-electron chi connectivity index (χ1n) is 5.81. The molecule has 0 aromatic heterocycles. The summed E-state index contributed by atoms with van der Waals surface area (Å²) in [5.41, 5.74) is 0. The number of aliphatic carboxylic acids is 1. The van der Waals surface area contributed by atoms with Gasteiger partial charge in [-0.2, -0.15) is 0 Å². The van der Waals surface area contributed by atoms with Gasteiger partial charge in [0, 0.05) is 19.1 Å². The Morgan fingerprint density at radius 2 is 2.20 bits per heavy atom. The summed E-state index contributed by atoms with van der Waals surface area (Å²) in [4.78, 5) is 15.3. The average molecular weight is 212 g/mol. The number of carbonyl (C=O) groups is 1. The molecule has 0 aliphatic carbocycles. The van der Waals surface area contributed by atoms with Crippen molar-refractivity contribution in [1.82, 2.24) is 9.80 Å². The first-order chi connectivity index (χ1) is 7.16. The van der Waals surface area contributed by atoms with E-state index >= 15 is 0 Å². The molecule has 2 bridgehead atoms. The third-order valence-electron chi connectivity index (χ3n) is 3.84. The second-order valence-electron chi connectivity index (χ2n) is 4.83. The lowest BCUT2D eigenvalue weighted by Gasteiger charge is -2.36. The van der Waals surface area contributed by atoms with E-state index in [1.807, 2.05) is 0 Å². The summed E-state index contributed by atoms with van der Waals surface area (Å²) in [6.45, 7) is 4.35. The highest BCUT2D eigenvalue weighted by atomic mass is 16.4. The SMILES string of the molecule is CN(CCC(=O)O)C1CCN2CCC1C2. The van der Waals surface area contributed by atoms with Gasteiger partial charge < -0.3 is 14.9 Å². The third-order valence-corrected chi connectivity index (χ3v) is 3.84. The molecule has 2 aliphatic heterocycles. The zero-order valence-electron chi connectivity index (χ0n) is 9.35. The summed E-state index contributed by atoms with van der Waals surface area (Å²) in [5, 5.41) is 8.66. The summed E-state index contributed by atoms with van der Waals surface area (Å²) in [6.07, 6.45) is 2.77. The highest BCUT2D eigenvalue weighted by Gasteiger charge is 2.35. The Hall–Kier alpha value is -0.610. The second kappa shape index (κ2) is 4.49. The van der Waals surface area contributed by atoms with Crippen molar-refractivity contribution in [3.8, 4) is 0 Å². The predicted molar refractivity (Wildman–Crippen MR) is 57.8 cm³/mol. The van der Waals surface area contributed by atoms with E-state index in [-0.39, 0.29) is 6.42 Å². The number of rotatable bonds is 4. The van der Waals surface area contributed by atoms with E-state index in [4.69, 9.17) is 5.11 Å². The smallest absolute Gasteiger partial charge is 0.304 e. The van der Waals surface area contributed by atoms with Gasteiger partial charge in [-0.3, -0.25) is 4.79 Å². The largest absolute Gasteiger partial charge is 0.481 e. The van der Waals surface area contributed by atoms with Crippen LogP contribution in [0.15, 0.2) is 0 Å². The van der Waals surface area contributed by atoms with Crippen LogP contribution in [0.4, 0.5) is 0 Å². The molecule has 15 heavy (non-hydrogen) atoms. The van der Waals surface area contributed by atoms with Gasteiger partial charge in [0.15, 0.2) is 0 Å². The predicted octanol–water partition coefficient (Wildman–Crippen LogP) is 0.487. The van der Waals surface area contributed by atoms with Crippen molar-refractivity contribution >= 4 is 5.97 Å². The van der Waals surface area contributed by atoms with Crippen molar-refractivity contribution in [2.24, 2.45) is 5.92 Å². The van der Waals surface area contributed by atoms with Crippen LogP contribution in [-0.4, -0.2) is 60.1 Å². The molecule has 2 fully saturated rings. The lowest BCUT2D eigenvalue weighted by molar-refractivity contribution is -0.137. The normalized spacial score (nSPS) is 34.7. The fourth-order valence-electron chi connectivity index (χ4n) is 2.95. The second-order valence-corrected chi connectivity index (χ2v) is 4.83. The van der Waals surface area contributed by atoms with Gasteiger partial charge in [0.25, 0.3) is 0 Å². The molecule has 3 atom stereocenters. The molecule has 2 aliphatic rings. The molecule has 0 spiro atoms. The Morgan fingerprint density at radius 1 is 1.47 bits per heavy atom. The Labute approximate surface area is 90.9 Å². The molecule has 0 amide bonds. The van der Waals surface area contributed by atoms with Crippen molar-refractivity contribution in [1.29, 1.82) is 0 Å². The van der Waals surface area contributed by atoms with Gasteiger partial charge in [-0.15, -0.1) is 0 Å². The molecular formula is C11H20N2O2. The van der Waals surface area contributed by atoms with E-state index in [1.54, 1.807) is 0 Å². The summed E-state index contributed by atoms with van der Waals surface area (Å²) in [7, 11) is 2.07. The molecule has 2 saturated heterocycles. The standard InChI is InChI=1S/C11H20N2O2/c1-12(5-4-11(14)15)10-3-7-13-6-2-9(10)8-13/h9-10H,2-8H2,1H3,(H,14,15). The topological polar surface area (TPSA) is 43.8 Å². The van der Waals surface area contributed by atoms with Gasteiger partial charge >= 0.3 is 5.97 Å². The van der Waals surface area contributed by atoms with Crippen LogP contribution in [0.5, 0.6) is 0 Å². The molecule has 0 saturated carbocycles. The summed E-state index contributed by atoms with van der Waals surface area (Å²) < 4.78 is 0. The Morgan fingerprint density at radius 3 is 2.93 bits per heavy atom. The van der Waals surface area contributed by atoms with Crippen LogP contribution >= 0.6 is 0 Å². The van der Waals surface area contributed by atoms with Crippen LogP contribution in [0.2, 0.25) is 0 Å². The fourth-order valence-corrected chi connectivity index (χ4v) is 2.95. The van der Waals surface area contributed by atoms with E-state index in [9.17, 15) is 4.79 Å². The number of fused-ring (bicyclic) bond motifs is 2. The van der Waals surface area contributed by atoms with Crippen molar-refractivity contribution in [2.75, 3.05) is 33.2 Å². The highest BCUT2D eigenvalue weighted by molar-refractivity contribution is 5.66. The van der Waals surface area contributed by atoms with Crippen LogP contribution in [0.25, 0.3) is 0 Å². The Kier molecular flexibility index (Phi) is 3.26. The van der Waals surface area contributed by atoms with Crippen molar-refractivity contribution in [2.45, 2.75) is 25.3 Å². The lowest BCUT2D eigenvalue weighted by Crippen LogP contribution is -2.45. The molecule has 0 aromatic carbocycles. The van der Waals surface area contributed by atoms with Crippen molar-refractivity contribution < 1.29 is 9.90 Å². The molecule has 0 radical (unpaired) electrons. The molecule has 0 aromatic rings. The van der Waals surface area contributed by atoms with Gasteiger partial charge in [0.2, 0.25) is 0 Å². The first kappa shape index (κ1) is 10.9. The first-order valence-corrected chi connectivity index (χ1v) is 5.81. The number of carboxylic acids is 1. The number of piperidine rings is 1. The molecule has 3 unspecified atom stereocenters. The van der Waals surface area contributed by atoms with Crippen LogP contribution in [0, 0.1) is 5.92 Å². The van der Waals surface area contributed by atoms with Crippen LogP contribution in [0.1, 0.15) is 19.3 Å². The lowest BCUT2D eigenvalue weighted by atomic mass is 9.93.